The second kappa shape index (κ2) is 38.3. The molecule has 7 heterocycles. The lowest BCUT2D eigenvalue weighted by molar-refractivity contribution is -0.405. The molecular formula is C59H96N4O46. The van der Waals surface area contributed by atoms with Crippen LogP contribution in [0.4, 0.5) is 0 Å². The smallest absolute Gasteiger partial charge is 0.364 e. The molecule has 109 heavy (non-hydrogen) atoms. The van der Waals surface area contributed by atoms with E-state index < -0.39 is 345 Å². The molecule has 0 aliphatic carbocycles. The molecule has 628 valence electrons. The van der Waals surface area contributed by atoms with Gasteiger partial charge in [-0.1, -0.05) is 0 Å². The summed E-state index contributed by atoms with van der Waals surface area (Å²) < 4.78 is 76.0. The highest BCUT2D eigenvalue weighted by atomic mass is 16.8. The molecule has 50 heteroatoms. The van der Waals surface area contributed by atoms with E-state index in [2.05, 4.69) is 16.0 Å². The number of hydrogen-bond acceptors (Lipinski definition) is 43. The van der Waals surface area contributed by atoms with Gasteiger partial charge in [-0.25, -0.2) is 14.4 Å². The highest BCUT2D eigenvalue weighted by Gasteiger charge is 2.65. The molecule has 50 nitrogen and oxygen atoms in total. The van der Waals surface area contributed by atoms with Crippen molar-refractivity contribution in [3.63, 3.8) is 0 Å². The molecule has 7 saturated heterocycles. The van der Waals surface area contributed by atoms with E-state index in [-0.39, 0.29) is 0 Å². The van der Waals surface area contributed by atoms with Crippen LogP contribution in [0.3, 0.4) is 0 Å². The number of ether oxygens (including phenoxy) is 13. The number of aliphatic hydroxyl groups excluding tert-OH is 23. The fourth-order valence-corrected chi connectivity index (χ4v) is 13.6. The first kappa shape index (κ1) is 91.0. The number of carbonyl (C=O) groups is 7. The number of nitrogens with one attached hydrogen (secondary N) is 4. The molecule has 0 bridgehead atoms. The van der Waals surface area contributed by atoms with Crippen molar-refractivity contribution in [3.05, 3.63) is 0 Å². The summed E-state index contributed by atoms with van der Waals surface area (Å²) in [5.74, 6) is -22.1. The summed E-state index contributed by atoms with van der Waals surface area (Å²) in [4.78, 5) is 92.3. The molecule has 7 fully saturated rings. The van der Waals surface area contributed by atoms with Crippen molar-refractivity contribution in [1.82, 2.24) is 21.3 Å². The van der Waals surface area contributed by atoms with E-state index in [1.165, 1.54) is 0 Å². The average Bonchev–Trinajstić information content (AvgIpc) is 0.749. The minimum Gasteiger partial charge on any atom is -0.477 e. The van der Waals surface area contributed by atoms with Gasteiger partial charge in [0.05, 0.1) is 82.7 Å². The van der Waals surface area contributed by atoms with Crippen LogP contribution in [-0.4, -0.2) is 459 Å². The van der Waals surface area contributed by atoms with Crippen molar-refractivity contribution < 1.29 is 228 Å². The lowest BCUT2D eigenvalue weighted by Gasteiger charge is -2.53. The monoisotopic (exact) mass is 1600 g/mol. The van der Waals surface area contributed by atoms with Crippen LogP contribution in [0.5, 0.6) is 0 Å². The number of rotatable bonds is 33. The Labute approximate surface area is 613 Å². The van der Waals surface area contributed by atoms with Crippen LogP contribution >= 0.6 is 0 Å². The third-order valence-corrected chi connectivity index (χ3v) is 19.2. The van der Waals surface area contributed by atoms with Crippen molar-refractivity contribution >= 4 is 41.5 Å². The Bertz CT molecular complexity index is 3030. The van der Waals surface area contributed by atoms with Gasteiger partial charge in [-0.2, -0.15) is 0 Å². The highest BCUT2D eigenvalue weighted by Crippen LogP contribution is 2.44. The summed E-state index contributed by atoms with van der Waals surface area (Å²) >= 11 is 0. The number of carboxylic acids is 3. The molecule has 0 saturated carbocycles. The van der Waals surface area contributed by atoms with Crippen LogP contribution in [0.1, 0.15) is 40.0 Å². The van der Waals surface area contributed by atoms with Crippen LogP contribution in [0.25, 0.3) is 0 Å². The van der Waals surface area contributed by atoms with Crippen LogP contribution in [0.2, 0.25) is 0 Å². The topological polar surface area (TPSA) is 814 Å². The standard InChI is InChI=1S/C59H96N4O46/c1-15(71)60-29-18(74)4-57(54(91)92,106-46(29)33(80)21(77)7-64)97-14-27-37(84)45(104-52-41(88)38(85)35(82)23(9-66)99-52)32(62-17(3)73)51(101-27)103-44-26(12-69)100-53(102-43-25(11-68)98-50(90)40(87)39(43)86)42(89)49(44)109-59(56(95)96)6-19(75)30(61-16(2)72)48(108-59)36(83)24(10-67)105-58(55(93)94)5-20(76)31(63-28(79)13-70)47(107-58)34(81)22(78)8-65/h18-27,29-53,64-70,74-78,80-90H,4-14H2,1-3H3,(H,60,71)(H,61,72)(H,62,73)(H,63,79)(H,91,92)(H,93,94)(H,95,96)/t18-,19-,20-,21+,22+,23+,24+,25+,26+,27+,29+,30+,31+,32+,33+,34+,35-,36+,37-,38-,39+,40+,41+,42+,43+,44-,45+,46+,47+,48+,49+,50+,51-,52-,53-,57+,58+,59-/m0/s1. The van der Waals surface area contributed by atoms with Gasteiger partial charge in [-0.05, 0) is 0 Å². The molecule has 7 aliphatic rings. The molecule has 0 aromatic carbocycles. The Morgan fingerprint density at radius 3 is 1.32 bits per heavy atom. The second-order valence-corrected chi connectivity index (χ2v) is 26.8. The third kappa shape index (κ3) is 20.0. The SMILES string of the molecule is CC(=O)N[C@H]1[C@H](O[C@@H]2[C@H](O[C@]3(C(=O)O)C[C@H](O)[C@@H](NC(C)=O)[C@H]([C@H](O)[C@@H](CO)O[C@]4(C(=O)O)C[C@H](O)[C@@H](NC(=O)CO)[C@H]([C@H](O)[C@H](O)CO)O4)O3)[C@@H](O)[C@H](O[C@H]3[C@H](O)[C@@H](O)[C@H](O)O[C@@H]3CO)O[C@@H]2CO)O[C@H](CO[C@]2(C(=O)O)C[C@H](O)[C@@H](NC(C)=O)[C@H]([C@H](O)[C@H](O)CO)O2)[C@H](O)[C@@H]1O[C@@H]1O[C@H](CO)[C@H](O)[C@H](O)[C@H]1O. The molecular weight excluding hydrogens is 1500 g/mol. The van der Waals surface area contributed by atoms with E-state index in [4.69, 9.17) is 61.6 Å². The number of aliphatic hydroxyl groups is 23. The predicted octanol–water partition coefficient (Wildman–Crippen LogP) is -19.1. The molecule has 0 unspecified atom stereocenters. The number of carbonyl (C=O) groups excluding carboxylic acids is 4. The number of carboxylic acid groups (broad SMARTS) is 3. The Kier molecular flexibility index (Phi) is 32.0. The van der Waals surface area contributed by atoms with Crippen LogP contribution in [0.15, 0.2) is 0 Å². The summed E-state index contributed by atoms with van der Waals surface area (Å²) in [6.07, 6.45) is -78.8. The van der Waals surface area contributed by atoms with Gasteiger partial charge < -0.3 is 216 Å². The first-order chi connectivity index (χ1) is 51.1. The zero-order chi connectivity index (χ0) is 81.5. The summed E-state index contributed by atoms with van der Waals surface area (Å²) in [7, 11) is 0. The minimum absolute atomic E-state index is 0.790. The lowest BCUT2D eigenvalue weighted by atomic mass is 9.87. The van der Waals surface area contributed by atoms with Gasteiger partial charge >= 0.3 is 17.9 Å². The molecule has 7 rings (SSSR count). The van der Waals surface area contributed by atoms with Crippen molar-refractivity contribution in [2.75, 3.05) is 52.9 Å². The quantitative estimate of drug-likeness (QED) is 0.0290. The third-order valence-electron chi connectivity index (χ3n) is 19.2. The Hall–Kier alpha value is -5.15. The van der Waals surface area contributed by atoms with E-state index in [0.717, 1.165) is 20.8 Å². The zero-order valence-electron chi connectivity index (χ0n) is 57.8. The van der Waals surface area contributed by atoms with Gasteiger partial charge in [0.15, 0.2) is 25.2 Å². The van der Waals surface area contributed by atoms with Gasteiger partial charge in [0.1, 0.15) is 159 Å². The summed E-state index contributed by atoms with van der Waals surface area (Å²) in [5, 5.41) is 294. The summed E-state index contributed by atoms with van der Waals surface area (Å²) in [5.41, 5.74) is 0. The maximum atomic E-state index is 14.3. The highest BCUT2D eigenvalue weighted by molar-refractivity contribution is 5.79. The molecule has 38 atom stereocenters. The van der Waals surface area contributed by atoms with Crippen LogP contribution in [0, 0.1) is 0 Å². The first-order valence-corrected chi connectivity index (χ1v) is 33.7. The molecule has 0 aromatic rings. The van der Waals surface area contributed by atoms with Gasteiger partial charge in [-0.15, -0.1) is 0 Å². The van der Waals surface area contributed by atoms with Gasteiger partial charge in [0, 0.05) is 40.0 Å². The Balaban J connectivity index is 1.38. The zero-order valence-corrected chi connectivity index (χ0v) is 57.8. The van der Waals surface area contributed by atoms with Crippen LogP contribution < -0.4 is 21.3 Å². The van der Waals surface area contributed by atoms with E-state index >= 15 is 0 Å². The lowest BCUT2D eigenvalue weighted by Crippen LogP contribution is -2.73. The first-order valence-electron chi connectivity index (χ1n) is 33.7. The second-order valence-electron chi connectivity index (χ2n) is 26.8. The molecule has 0 spiro atoms. The number of aliphatic carboxylic acids is 3. The molecule has 0 radical (unpaired) electrons. The van der Waals surface area contributed by atoms with E-state index in [9.17, 15) is 166 Å². The molecule has 0 aromatic heterocycles. The number of amides is 4. The van der Waals surface area contributed by atoms with E-state index in [1.54, 1.807) is 0 Å². The van der Waals surface area contributed by atoms with E-state index in [0.29, 0.717) is 0 Å². The van der Waals surface area contributed by atoms with Gasteiger partial charge in [-0.3, -0.25) is 19.2 Å². The minimum atomic E-state index is -3.83. The van der Waals surface area contributed by atoms with Crippen molar-refractivity contribution in [3.8, 4) is 0 Å². The average molecular weight is 1600 g/mol. The molecule has 30 N–H and O–H groups in total. The van der Waals surface area contributed by atoms with Gasteiger partial charge in [0.25, 0.3) is 17.4 Å². The fraction of sp³-hybridized carbons (Fsp3) is 0.881. The maximum absolute atomic E-state index is 14.3. The Morgan fingerprint density at radius 1 is 0.413 bits per heavy atom. The summed E-state index contributed by atoms with van der Waals surface area (Å²) in [6, 6.07) is -8.30. The largest absolute Gasteiger partial charge is 0.477 e. The van der Waals surface area contributed by atoms with E-state index in [1.807, 2.05) is 5.32 Å². The van der Waals surface area contributed by atoms with Crippen molar-refractivity contribution in [1.29, 1.82) is 0 Å². The number of hydrogen-bond donors (Lipinski definition) is 30. The normalized spacial score (nSPS) is 43.1. The summed E-state index contributed by atoms with van der Waals surface area (Å²) in [6.45, 7) is -8.37. The Morgan fingerprint density at radius 2 is 0.835 bits per heavy atom. The maximum Gasteiger partial charge on any atom is 0.364 e. The van der Waals surface area contributed by atoms with Crippen molar-refractivity contribution in [2.24, 2.45) is 0 Å². The molecule has 4 amide bonds. The van der Waals surface area contributed by atoms with Crippen LogP contribution in [-0.2, 0) is 95.1 Å². The fourth-order valence-electron chi connectivity index (χ4n) is 13.6. The van der Waals surface area contributed by atoms with Gasteiger partial charge in [0.2, 0.25) is 23.6 Å². The molecule has 7 aliphatic heterocycles. The predicted molar refractivity (Wildman–Crippen MR) is 331 cm³/mol. The van der Waals surface area contributed by atoms with Crippen molar-refractivity contribution in [2.45, 2.75) is 272 Å².